The molecular formula is C13H19ClFN3O2S. The van der Waals surface area contributed by atoms with E-state index in [0.29, 0.717) is 12.6 Å². The zero-order valence-electron chi connectivity index (χ0n) is 11.8. The molecule has 0 bridgehead atoms. The summed E-state index contributed by atoms with van der Waals surface area (Å²) in [6, 6.07) is 4.14. The average Bonchev–Trinajstić information content (AvgIpc) is 3.22. The molecule has 2 N–H and O–H groups in total. The van der Waals surface area contributed by atoms with Crippen molar-refractivity contribution in [2.24, 2.45) is 0 Å². The summed E-state index contributed by atoms with van der Waals surface area (Å²) in [6.07, 6.45) is 3.14. The van der Waals surface area contributed by atoms with Gasteiger partial charge in [-0.05, 0) is 44.0 Å². The third kappa shape index (κ3) is 5.10. The topological polar surface area (TPSA) is 61.4 Å². The third-order valence-electron chi connectivity index (χ3n) is 3.24. The summed E-state index contributed by atoms with van der Waals surface area (Å²) in [7, 11) is -2.19. The molecule has 8 heteroatoms. The van der Waals surface area contributed by atoms with Gasteiger partial charge in [-0.15, -0.1) is 0 Å². The van der Waals surface area contributed by atoms with Gasteiger partial charge in [0.05, 0.1) is 10.7 Å². The van der Waals surface area contributed by atoms with E-state index in [1.165, 1.54) is 30.3 Å². The lowest BCUT2D eigenvalue weighted by molar-refractivity contribution is 0.458. The van der Waals surface area contributed by atoms with Crippen molar-refractivity contribution >= 4 is 27.5 Å². The van der Waals surface area contributed by atoms with Gasteiger partial charge in [0.25, 0.3) is 0 Å². The molecule has 0 saturated heterocycles. The number of hydrogen-bond acceptors (Lipinski definition) is 3. The van der Waals surface area contributed by atoms with E-state index in [9.17, 15) is 12.8 Å². The van der Waals surface area contributed by atoms with Crippen LogP contribution in [-0.2, 0) is 10.2 Å². The zero-order valence-corrected chi connectivity index (χ0v) is 13.3. The van der Waals surface area contributed by atoms with E-state index >= 15 is 0 Å². The van der Waals surface area contributed by atoms with Gasteiger partial charge in [-0.25, -0.2) is 4.39 Å². The van der Waals surface area contributed by atoms with E-state index in [2.05, 4.69) is 10.0 Å². The molecule has 5 nitrogen and oxygen atoms in total. The highest BCUT2D eigenvalue weighted by molar-refractivity contribution is 7.90. The molecule has 0 aliphatic heterocycles. The van der Waals surface area contributed by atoms with Crippen molar-refractivity contribution in [2.75, 3.05) is 24.9 Å². The maximum Gasteiger partial charge on any atom is 0.301 e. The first-order valence-corrected chi connectivity index (χ1v) is 8.63. The van der Waals surface area contributed by atoms with E-state index in [1.54, 1.807) is 0 Å². The normalized spacial score (nSPS) is 15.4. The molecule has 1 fully saturated rings. The van der Waals surface area contributed by atoms with Crippen LogP contribution in [-0.4, -0.2) is 38.9 Å². The molecule has 1 aromatic rings. The SMILES string of the molecule is CN(CCCNC1CC1)S(=O)(=O)Nc1ccc(F)cc1Cl. The number of benzene rings is 1. The maximum absolute atomic E-state index is 12.9. The first-order valence-electron chi connectivity index (χ1n) is 6.81. The van der Waals surface area contributed by atoms with Gasteiger partial charge in [-0.1, -0.05) is 11.6 Å². The molecule has 0 unspecified atom stereocenters. The Bertz CT molecular complexity index is 593. The molecular weight excluding hydrogens is 317 g/mol. The maximum atomic E-state index is 12.9. The molecule has 0 radical (unpaired) electrons. The van der Waals surface area contributed by atoms with Gasteiger partial charge < -0.3 is 5.32 Å². The average molecular weight is 336 g/mol. The van der Waals surface area contributed by atoms with Crippen LogP contribution in [0.1, 0.15) is 19.3 Å². The smallest absolute Gasteiger partial charge is 0.301 e. The van der Waals surface area contributed by atoms with Crippen LogP contribution >= 0.6 is 11.6 Å². The van der Waals surface area contributed by atoms with Gasteiger partial charge in [-0.2, -0.15) is 12.7 Å². The van der Waals surface area contributed by atoms with Crippen LogP contribution in [0.15, 0.2) is 18.2 Å². The number of anilines is 1. The summed E-state index contributed by atoms with van der Waals surface area (Å²) < 4.78 is 40.8. The molecule has 118 valence electrons. The molecule has 1 saturated carbocycles. The van der Waals surface area contributed by atoms with Crippen molar-refractivity contribution in [3.05, 3.63) is 29.0 Å². The van der Waals surface area contributed by atoms with Gasteiger partial charge in [0.15, 0.2) is 0 Å². The van der Waals surface area contributed by atoms with Gasteiger partial charge in [-0.3, -0.25) is 4.72 Å². The highest BCUT2D eigenvalue weighted by Gasteiger charge is 2.21. The van der Waals surface area contributed by atoms with Crippen molar-refractivity contribution in [3.63, 3.8) is 0 Å². The second kappa shape index (κ2) is 6.91. The Morgan fingerprint density at radius 1 is 1.43 bits per heavy atom. The van der Waals surface area contributed by atoms with Gasteiger partial charge >= 0.3 is 10.2 Å². The second-order valence-corrected chi connectivity index (χ2v) is 7.32. The van der Waals surface area contributed by atoms with Crippen molar-refractivity contribution < 1.29 is 12.8 Å². The molecule has 0 heterocycles. The van der Waals surface area contributed by atoms with Crippen molar-refractivity contribution in [3.8, 4) is 0 Å². The Kier molecular flexibility index (Phi) is 5.43. The van der Waals surface area contributed by atoms with E-state index < -0.39 is 16.0 Å². The Labute approximate surface area is 129 Å². The van der Waals surface area contributed by atoms with Crippen LogP contribution in [0.2, 0.25) is 5.02 Å². The Balaban J connectivity index is 1.86. The number of nitrogens with zero attached hydrogens (tertiary/aromatic N) is 1. The molecule has 21 heavy (non-hydrogen) atoms. The molecule has 2 rings (SSSR count). The summed E-state index contributed by atoms with van der Waals surface area (Å²) in [4.78, 5) is 0. The molecule has 0 spiro atoms. The number of nitrogens with one attached hydrogen (secondary N) is 2. The van der Waals surface area contributed by atoms with Crippen LogP contribution in [0, 0.1) is 5.82 Å². The lowest BCUT2D eigenvalue weighted by Crippen LogP contribution is -2.34. The van der Waals surface area contributed by atoms with Crippen LogP contribution in [0.25, 0.3) is 0 Å². The molecule has 0 atom stereocenters. The number of rotatable bonds is 8. The van der Waals surface area contributed by atoms with Crippen LogP contribution in [0.5, 0.6) is 0 Å². The van der Waals surface area contributed by atoms with Crippen molar-refractivity contribution in [1.82, 2.24) is 9.62 Å². The predicted octanol–water partition coefficient (Wildman–Crippen LogP) is 2.21. The first kappa shape index (κ1) is 16.5. The van der Waals surface area contributed by atoms with Gasteiger partial charge in [0.2, 0.25) is 0 Å². The molecule has 0 amide bonds. The largest absolute Gasteiger partial charge is 0.314 e. The third-order valence-corrected chi connectivity index (χ3v) is 5.03. The minimum absolute atomic E-state index is 0.0300. The standard InChI is InChI=1S/C13H19ClFN3O2S/c1-18(8-2-7-16-11-4-5-11)21(19,20)17-13-6-3-10(15)9-12(13)14/h3,6,9,11,16-17H,2,4-5,7-8H2,1H3. The molecule has 1 aliphatic rings. The minimum Gasteiger partial charge on any atom is -0.314 e. The monoisotopic (exact) mass is 335 g/mol. The first-order chi connectivity index (χ1) is 9.88. The Morgan fingerprint density at radius 3 is 2.76 bits per heavy atom. The fraction of sp³-hybridized carbons (Fsp3) is 0.538. The lowest BCUT2D eigenvalue weighted by Gasteiger charge is -2.19. The number of hydrogen-bond donors (Lipinski definition) is 2. The summed E-state index contributed by atoms with van der Waals surface area (Å²) >= 11 is 5.81. The van der Waals surface area contributed by atoms with Crippen LogP contribution in [0.3, 0.4) is 0 Å². The number of halogens is 2. The van der Waals surface area contributed by atoms with Crippen LogP contribution < -0.4 is 10.0 Å². The fourth-order valence-electron chi connectivity index (χ4n) is 1.80. The highest BCUT2D eigenvalue weighted by atomic mass is 35.5. The quantitative estimate of drug-likeness (QED) is 0.716. The molecule has 0 aromatic heterocycles. The van der Waals surface area contributed by atoms with Crippen molar-refractivity contribution in [2.45, 2.75) is 25.3 Å². The van der Waals surface area contributed by atoms with Crippen molar-refractivity contribution in [1.29, 1.82) is 0 Å². The van der Waals surface area contributed by atoms with E-state index in [4.69, 9.17) is 11.6 Å². The summed E-state index contributed by atoms with van der Waals surface area (Å²) in [6.45, 7) is 1.19. The highest BCUT2D eigenvalue weighted by Crippen LogP contribution is 2.24. The zero-order chi connectivity index (χ0) is 15.5. The fourth-order valence-corrected chi connectivity index (χ4v) is 3.06. The minimum atomic E-state index is -3.69. The van der Waals surface area contributed by atoms with Crippen LogP contribution in [0.4, 0.5) is 10.1 Å². The predicted molar refractivity (Wildman–Crippen MR) is 82.2 cm³/mol. The molecule has 1 aliphatic carbocycles. The summed E-state index contributed by atoms with van der Waals surface area (Å²) in [5.41, 5.74) is 0.168. The van der Waals surface area contributed by atoms with E-state index in [-0.39, 0.29) is 10.7 Å². The lowest BCUT2D eigenvalue weighted by atomic mass is 10.3. The van der Waals surface area contributed by atoms with E-state index in [1.807, 2.05) is 0 Å². The van der Waals surface area contributed by atoms with Gasteiger partial charge in [0, 0.05) is 19.6 Å². The Morgan fingerprint density at radius 2 is 2.14 bits per heavy atom. The molecule has 1 aromatic carbocycles. The van der Waals surface area contributed by atoms with E-state index in [0.717, 1.165) is 25.1 Å². The Hall–Kier alpha value is -0.890. The van der Waals surface area contributed by atoms with Gasteiger partial charge in [0.1, 0.15) is 5.82 Å². The summed E-state index contributed by atoms with van der Waals surface area (Å²) in [5, 5.41) is 3.35. The second-order valence-electron chi connectivity index (χ2n) is 5.13. The summed E-state index contributed by atoms with van der Waals surface area (Å²) in [5.74, 6) is -0.512.